The second kappa shape index (κ2) is 5.99. The van der Waals surface area contributed by atoms with Crippen molar-refractivity contribution >= 4 is 11.8 Å². The zero-order valence-electron chi connectivity index (χ0n) is 16.6. The van der Waals surface area contributed by atoms with Crippen LogP contribution in [0.1, 0.15) is 46.5 Å². The van der Waals surface area contributed by atoms with Crippen molar-refractivity contribution in [3.8, 4) is 0 Å². The van der Waals surface area contributed by atoms with Crippen LogP contribution >= 0.6 is 0 Å². The van der Waals surface area contributed by atoms with Crippen LogP contribution in [0, 0.1) is 34.5 Å². The number of hydrogen-bond acceptors (Lipinski definition) is 4. The van der Waals surface area contributed by atoms with Gasteiger partial charge in [-0.3, -0.25) is 4.79 Å². The summed E-state index contributed by atoms with van der Waals surface area (Å²) in [6, 6.07) is 0. The molecule has 0 bridgehead atoms. The lowest BCUT2D eigenvalue weighted by Gasteiger charge is -2.62. The molecule has 0 aromatic rings. The van der Waals surface area contributed by atoms with Crippen LogP contribution in [0.15, 0.2) is 23.8 Å². The first-order valence-corrected chi connectivity index (χ1v) is 10.2. The standard InChI is InChI=1S/C22H29FO5/c1-11-8-15-14-5-4-12-9-13(24)6-7-21(12,3)22(14,23)16(25)10-20(15,2)17(11)18(26)19(27)28/h6-7,9,11,14-18,25-26H,4-5,8,10H2,1-3H3,(H,27,28)/t11-,14+,15+,16+,17-,18+,20+,21+,22+/m1/s1. The Morgan fingerprint density at radius 3 is 2.64 bits per heavy atom. The van der Waals surface area contributed by atoms with E-state index in [1.807, 2.05) is 13.8 Å². The van der Waals surface area contributed by atoms with Crippen LogP contribution in [0.3, 0.4) is 0 Å². The van der Waals surface area contributed by atoms with E-state index in [1.165, 1.54) is 12.2 Å². The second-order valence-electron chi connectivity index (χ2n) is 9.87. The van der Waals surface area contributed by atoms with Gasteiger partial charge in [-0.1, -0.05) is 25.5 Å². The molecule has 3 saturated carbocycles. The van der Waals surface area contributed by atoms with Crippen LogP contribution < -0.4 is 0 Å². The first kappa shape index (κ1) is 19.8. The number of carbonyl (C=O) groups is 2. The van der Waals surface area contributed by atoms with Gasteiger partial charge in [-0.25, -0.2) is 9.18 Å². The Bertz CT molecular complexity index is 790. The molecule has 0 unspecified atom stereocenters. The van der Waals surface area contributed by atoms with E-state index in [0.717, 1.165) is 5.57 Å². The van der Waals surface area contributed by atoms with Crippen LogP contribution in [0.2, 0.25) is 0 Å². The first-order chi connectivity index (χ1) is 13.0. The average molecular weight is 392 g/mol. The minimum Gasteiger partial charge on any atom is -0.479 e. The van der Waals surface area contributed by atoms with Crippen molar-refractivity contribution in [2.75, 3.05) is 0 Å². The van der Waals surface area contributed by atoms with E-state index in [2.05, 4.69) is 0 Å². The van der Waals surface area contributed by atoms with E-state index < -0.39 is 46.5 Å². The number of allylic oxidation sites excluding steroid dienone is 4. The molecule has 0 radical (unpaired) electrons. The van der Waals surface area contributed by atoms with E-state index in [4.69, 9.17) is 0 Å². The molecule has 6 heteroatoms. The van der Waals surface area contributed by atoms with Crippen LogP contribution in [0.4, 0.5) is 4.39 Å². The van der Waals surface area contributed by atoms with Crippen molar-refractivity contribution in [3.05, 3.63) is 23.8 Å². The molecule has 0 spiro atoms. The fraction of sp³-hybridized carbons (Fsp3) is 0.727. The molecule has 0 heterocycles. The van der Waals surface area contributed by atoms with Crippen LogP contribution in [0.25, 0.3) is 0 Å². The van der Waals surface area contributed by atoms with Crippen molar-refractivity contribution in [2.24, 2.45) is 34.5 Å². The lowest BCUT2D eigenvalue weighted by Crippen LogP contribution is -2.67. The predicted octanol–water partition coefficient (Wildman–Crippen LogP) is 2.66. The summed E-state index contributed by atoms with van der Waals surface area (Å²) in [5, 5.41) is 30.9. The van der Waals surface area contributed by atoms with Gasteiger partial charge in [-0.05, 0) is 62.0 Å². The molecule has 3 N–H and O–H groups in total. The molecule has 4 aliphatic carbocycles. The van der Waals surface area contributed by atoms with E-state index >= 15 is 4.39 Å². The maximum atomic E-state index is 16.8. The normalized spacial score (nSPS) is 51.0. The molecule has 5 nitrogen and oxygen atoms in total. The van der Waals surface area contributed by atoms with Gasteiger partial charge in [-0.2, -0.15) is 0 Å². The Hall–Kier alpha value is -1.53. The summed E-state index contributed by atoms with van der Waals surface area (Å²) in [6.07, 6.45) is 3.53. The van der Waals surface area contributed by atoms with Crippen molar-refractivity contribution < 1.29 is 29.3 Å². The summed E-state index contributed by atoms with van der Waals surface area (Å²) >= 11 is 0. The maximum Gasteiger partial charge on any atom is 0.332 e. The third-order valence-corrected chi connectivity index (χ3v) is 8.67. The molecule has 0 aromatic carbocycles. The van der Waals surface area contributed by atoms with Gasteiger partial charge in [0.15, 0.2) is 17.6 Å². The molecular weight excluding hydrogens is 363 g/mol. The monoisotopic (exact) mass is 392 g/mol. The molecule has 9 atom stereocenters. The molecule has 0 aromatic heterocycles. The highest BCUT2D eigenvalue weighted by atomic mass is 19.1. The number of hydrogen-bond donors (Lipinski definition) is 3. The van der Waals surface area contributed by atoms with Gasteiger partial charge in [0.2, 0.25) is 0 Å². The largest absolute Gasteiger partial charge is 0.479 e. The molecule has 4 rings (SSSR count). The lowest BCUT2D eigenvalue weighted by molar-refractivity contribution is -0.202. The van der Waals surface area contributed by atoms with Crippen LogP contribution in [0.5, 0.6) is 0 Å². The van der Waals surface area contributed by atoms with Gasteiger partial charge in [-0.15, -0.1) is 0 Å². The number of rotatable bonds is 2. The number of alkyl halides is 1. The average Bonchev–Trinajstić information content (AvgIpc) is 2.86. The SMILES string of the molecule is C[C@@H]1C[C@H]2[C@@H]3CCC4=CC(=O)C=C[C@]4(C)[C@@]3(F)[C@@H](O)C[C@]2(C)[C@H]1[C@H](O)C(=O)O. The Morgan fingerprint density at radius 1 is 1.32 bits per heavy atom. The number of ketones is 1. The third kappa shape index (κ3) is 2.25. The van der Waals surface area contributed by atoms with E-state index in [1.54, 1.807) is 13.0 Å². The van der Waals surface area contributed by atoms with E-state index in [9.17, 15) is 24.9 Å². The number of aliphatic hydroxyl groups excluding tert-OH is 2. The van der Waals surface area contributed by atoms with E-state index in [-0.39, 0.29) is 24.0 Å². The molecule has 3 fully saturated rings. The number of carboxylic acid groups (broad SMARTS) is 1. The summed E-state index contributed by atoms with van der Waals surface area (Å²) in [7, 11) is 0. The molecule has 0 amide bonds. The summed E-state index contributed by atoms with van der Waals surface area (Å²) in [6.45, 7) is 5.60. The van der Waals surface area contributed by atoms with Crippen molar-refractivity contribution in [1.82, 2.24) is 0 Å². The molecule has 0 saturated heterocycles. The zero-order chi connectivity index (χ0) is 20.6. The number of fused-ring (bicyclic) bond motifs is 5. The highest BCUT2D eigenvalue weighted by Crippen LogP contribution is 2.70. The van der Waals surface area contributed by atoms with Crippen LogP contribution in [-0.2, 0) is 9.59 Å². The fourth-order valence-electron chi connectivity index (χ4n) is 7.44. The van der Waals surface area contributed by atoms with Crippen molar-refractivity contribution in [1.29, 1.82) is 0 Å². The van der Waals surface area contributed by atoms with Gasteiger partial charge in [0.25, 0.3) is 0 Å². The molecule has 0 aliphatic heterocycles. The quantitative estimate of drug-likeness (QED) is 0.672. The number of aliphatic hydroxyl groups is 2. The van der Waals surface area contributed by atoms with Crippen molar-refractivity contribution in [3.63, 3.8) is 0 Å². The van der Waals surface area contributed by atoms with E-state index in [0.29, 0.717) is 19.3 Å². The van der Waals surface area contributed by atoms with Gasteiger partial charge >= 0.3 is 5.97 Å². The van der Waals surface area contributed by atoms with Crippen LogP contribution in [-0.4, -0.2) is 44.9 Å². The molecular formula is C22H29FO5. The summed E-state index contributed by atoms with van der Waals surface area (Å²) in [5.41, 5.74) is -2.88. The predicted molar refractivity (Wildman–Crippen MR) is 100 cm³/mol. The first-order valence-electron chi connectivity index (χ1n) is 10.2. The minimum absolute atomic E-state index is 0.0797. The summed E-state index contributed by atoms with van der Waals surface area (Å²) < 4.78 is 16.8. The fourth-order valence-corrected chi connectivity index (χ4v) is 7.44. The number of carboxylic acids is 1. The highest BCUT2D eigenvalue weighted by molar-refractivity contribution is 6.01. The maximum absolute atomic E-state index is 16.8. The zero-order valence-corrected chi connectivity index (χ0v) is 16.6. The Balaban J connectivity index is 1.79. The van der Waals surface area contributed by atoms with Gasteiger partial charge < -0.3 is 15.3 Å². The van der Waals surface area contributed by atoms with Crippen molar-refractivity contribution in [2.45, 2.75) is 64.3 Å². The Labute approximate surface area is 164 Å². The molecule has 4 aliphatic rings. The highest BCUT2D eigenvalue weighted by Gasteiger charge is 2.71. The topological polar surface area (TPSA) is 94.8 Å². The van der Waals surface area contributed by atoms with Gasteiger partial charge in [0.1, 0.15) is 0 Å². The smallest absolute Gasteiger partial charge is 0.332 e. The molecule has 154 valence electrons. The Kier molecular flexibility index (Phi) is 4.23. The van der Waals surface area contributed by atoms with Gasteiger partial charge in [0.05, 0.1) is 6.10 Å². The Morgan fingerprint density at radius 2 is 2.00 bits per heavy atom. The van der Waals surface area contributed by atoms with Gasteiger partial charge in [0, 0.05) is 17.3 Å². The summed E-state index contributed by atoms with van der Waals surface area (Å²) in [4.78, 5) is 23.3. The summed E-state index contributed by atoms with van der Waals surface area (Å²) in [5.74, 6) is -2.59. The number of halogens is 1. The third-order valence-electron chi connectivity index (χ3n) is 8.67. The number of aliphatic carboxylic acids is 1. The number of carbonyl (C=O) groups excluding carboxylic acids is 1. The second-order valence-corrected chi connectivity index (χ2v) is 9.87. The minimum atomic E-state index is -1.92. The molecule has 28 heavy (non-hydrogen) atoms. The lowest BCUT2D eigenvalue weighted by atomic mass is 9.45.